The molecule has 34 heavy (non-hydrogen) atoms. The molecule has 0 radical (unpaired) electrons. The number of carbonyl (C=O) groups is 2. The van der Waals surface area contributed by atoms with Crippen LogP contribution >= 0.6 is 46.6 Å². The van der Waals surface area contributed by atoms with Crippen LogP contribution in [0.5, 0.6) is 11.5 Å². The van der Waals surface area contributed by atoms with Gasteiger partial charge in [0, 0.05) is 10.6 Å². The van der Waals surface area contributed by atoms with Gasteiger partial charge in [-0.3, -0.25) is 14.5 Å². The molecule has 0 unspecified atom stereocenters. The lowest BCUT2D eigenvalue weighted by atomic mass is 10.1. The molecule has 3 aromatic rings. The second kappa shape index (κ2) is 10.7. The topological polar surface area (TPSA) is 55.8 Å². The van der Waals surface area contributed by atoms with E-state index in [-0.39, 0.29) is 24.3 Å². The largest absolute Gasteiger partial charge is 0.493 e. The van der Waals surface area contributed by atoms with E-state index in [0.29, 0.717) is 42.6 Å². The molecule has 0 atom stereocenters. The fourth-order valence-electron chi connectivity index (χ4n) is 3.27. The van der Waals surface area contributed by atoms with Crippen LogP contribution in [0.4, 0.5) is 4.79 Å². The van der Waals surface area contributed by atoms with Gasteiger partial charge in [-0.25, -0.2) is 0 Å². The number of halogens is 3. The normalized spacial score (nSPS) is 14.7. The third-order valence-corrected chi connectivity index (χ3v) is 7.04. The quantitative estimate of drug-likeness (QED) is 0.294. The van der Waals surface area contributed by atoms with E-state index in [1.54, 1.807) is 48.5 Å². The summed E-state index contributed by atoms with van der Waals surface area (Å²) in [4.78, 5) is 26.8. The first-order valence-electron chi connectivity index (χ1n) is 10.1. The molecule has 1 heterocycles. The summed E-state index contributed by atoms with van der Waals surface area (Å²) in [6.07, 6.45) is 1.65. The van der Waals surface area contributed by atoms with Crippen LogP contribution in [-0.2, 0) is 17.9 Å². The standard InChI is InChI=1S/C25H18Cl3NO4S/c1-32-22-11-15(7-9-21(22)33-14-17-4-2-3-5-18(17)26)12-23-24(30)29(25(31)34-23)13-16-6-8-19(27)20(28)10-16/h2-12H,13-14H2,1H3/b23-12-. The first-order chi connectivity index (χ1) is 16.4. The molecule has 9 heteroatoms. The van der Waals surface area contributed by atoms with E-state index in [9.17, 15) is 9.59 Å². The monoisotopic (exact) mass is 533 g/mol. The van der Waals surface area contributed by atoms with Crippen LogP contribution < -0.4 is 9.47 Å². The molecule has 0 spiro atoms. The van der Waals surface area contributed by atoms with Gasteiger partial charge in [0.1, 0.15) is 6.61 Å². The number of hydrogen-bond acceptors (Lipinski definition) is 5. The third kappa shape index (κ3) is 5.53. The van der Waals surface area contributed by atoms with E-state index in [4.69, 9.17) is 44.3 Å². The molecule has 0 saturated carbocycles. The highest BCUT2D eigenvalue weighted by Gasteiger charge is 2.35. The van der Waals surface area contributed by atoms with Crippen LogP contribution in [0, 0.1) is 0 Å². The maximum Gasteiger partial charge on any atom is 0.293 e. The molecular formula is C25H18Cl3NO4S. The Morgan fingerprint density at radius 1 is 0.912 bits per heavy atom. The minimum Gasteiger partial charge on any atom is -0.493 e. The Kier molecular flexibility index (Phi) is 7.73. The maximum atomic E-state index is 12.9. The second-order valence-corrected chi connectivity index (χ2v) is 9.52. The molecule has 0 aliphatic carbocycles. The number of carbonyl (C=O) groups excluding carboxylic acids is 2. The van der Waals surface area contributed by atoms with Crippen molar-refractivity contribution in [2.75, 3.05) is 7.11 Å². The summed E-state index contributed by atoms with van der Waals surface area (Å²) < 4.78 is 11.3. The lowest BCUT2D eigenvalue weighted by Crippen LogP contribution is -2.27. The summed E-state index contributed by atoms with van der Waals surface area (Å²) >= 11 is 19.1. The summed E-state index contributed by atoms with van der Waals surface area (Å²) in [5, 5.41) is 1.04. The van der Waals surface area contributed by atoms with Crippen LogP contribution in [0.3, 0.4) is 0 Å². The second-order valence-electron chi connectivity index (χ2n) is 7.31. The van der Waals surface area contributed by atoms with Crippen molar-refractivity contribution >= 4 is 63.8 Å². The number of thioether (sulfide) groups is 1. The molecule has 1 fully saturated rings. The van der Waals surface area contributed by atoms with E-state index in [1.807, 2.05) is 18.2 Å². The number of imide groups is 1. The Bertz CT molecular complexity index is 1290. The maximum absolute atomic E-state index is 12.9. The smallest absolute Gasteiger partial charge is 0.293 e. The average molecular weight is 535 g/mol. The molecule has 5 nitrogen and oxygen atoms in total. The highest BCUT2D eigenvalue weighted by Crippen LogP contribution is 2.36. The van der Waals surface area contributed by atoms with Crippen LogP contribution in [0.1, 0.15) is 16.7 Å². The fraction of sp³-hybridized carbons (Fsp3) is 0.120. The first kappa shape index (κ1) is 24.5. The minimum absolute atomic E-state index is 0.108. The van der Waals surface area contributed by atoms with E-state index in [2.05, 4.69) is 0 Å². The predicted molar refractivity (Wildman–Crippen MR) is 137 cm³/mol. The Morgan fingerprint density at radius 3 is 2.44 bits per heavy atom. The van der Waals surface area contributed by atoms with Crippen molar-refractivity contribution in [1.82, 2.24) is 4.90 Å². The molecule has 174 valence electrons. The van der Waals surface area contributed by atoms with E-state index in [0.717, 1.165) is 17.3 Å². The van der Waals surface area contributed by atoms with Crippen LogP contribution in [0.25, 0.3) is 6.08 Å². The van der Waals surface area contributed by atoms with Crippen molar-refractivity contribution < 1.29 is 19.1 Å². The molecule has 0 aromatic heterocycles. The molecule has 3 aromatic carbocycles. The summed E-state index contributed by atoms with van der Waals surface area (Å²) in [5.74, 6) is 0.655. The number of methoxy groups -OCH3 is 1. The van der Waals surface area contributed by atoms with Gasteiger partial charge in [-0.05, 0) is 59.3 Å². The fourth-order valence-corrected chi connectivity index (χ4v) is 4.62. The van der Waals surface area contributed by atoms with Crippen molar-refractivity contribution in [2.24, 2.45) is 0 Å². The van der Waals surface area contributed by atoms with E-state index < -0.39 is 0 Å². The summed E-state index contributed by atoms with van der Waals surface area (Å²) in [6.45, 7) is 0.389. The number of ether oxygens (including phenoxy) is 2. The summed E-state index contributed by atoms with van der Waals surface area (Å²) in [7, 11) is 1.53. The third-order valence-electron chi connectivity index (χ3n) is 5.02. The molecule has 0 bridgehead atoms. The Morgan fingerprint density at radius 2 is 1.71 bits per heavy atom. The first-order valence-corrected chi connectivity index (χ1v) is 12.0. The number of benzene rings is 3. The Labute approximate surface area is 216 Å². The van der Waals surface area contributed by atoms with Crippen molar-refractivity contribution in [3.05, 3.63) is 97.3 Å². The lowest BCUT2D eigenvalue weighted by molar-refractivity contribution is -0.123. The molecule has 0 N–H and O–H groups in total. The van der Waals surface area contributed by atoms with Crippen molar-refractivity contribution in [2.45, 2.75) is 13.2 Å². The van der Waals surface area contributed by atoms with Crippen molar-refractivity contribution in [3.8, 4) is 11.5 Å². The van der Waals surface area contributed by atoms with Crippen LogP contribution in [0.2, 0.25) is 15.1 Å². The highest BCUT2D eigenvalue weighted by molar-refractivity contribution is 8.18. The highest BCUT2D eigenvalue weighted by atomic mass is 35.5. The van der Waals surface area contributed by atoms with Crippen molar-refractivity contribution in [3.63, 3.8) is 0 Å². The Hall–Kier alpha value is -2.64. The van der Waals surface area contributed by atoms with E-state index in [1.165, 1.54) is 12.0 Å². The van der Waals surface area contributed by atoms with Gasteiger partial charge in [0.2, 0.25) is 0 Å². The Balaban J connectivity index is 1.49. The lowest BCUT2D eigenvalue weighted by Gasteiger charge is -2.13. The van der Waals surface area contributed by atoms with Crippen LogP contribution in [0.15, 0.2) is 65.6 Å². The molecular weight excluding hydrogens is 517 g/mol. The van der Waals surface area contributed by atoms with Gasteiger partial charge < -0.3 is 9.47 Å². The van der Waals surface area contributed by atoms with Gasteiger partial charge in [0.15, 0.2) is 11.5 Å². The zero-order chi connectivity index (χ0) is 24.2. The number of amides is 2. The number of nitrogens with zero attached hydrogens (tertiary/aromatic N) is 1. The minimum atomic E-state index is -0.376. The van der Waals surface area contributed by atoms with Gasteiger partial charge >= 0.3 is 0 Å². The van der Waals surface area contributed by atoms with Crippen LogP contribution in [-0.4, -0.2) is 23.2 Å². The molecule has 2 amide bonds. The number of hydrogen-bond donors (Lipinski definition) is 0. The zero-order valence-corrected chi connectivity index (χ0v) is 21.0. The molecule has 4 rings (SSSR count). The summed E-state index contributed by atoms with van der Waals surface area (Å²) in [5.41, 5.74) is 2.26. The average Bonchev–Trinajstić information content (AvgIpc) is 3.08. The van der Waals surface area contributed by atoms with Crippen molar-refractivity contribution in [1.29, 1.82) is 0 Å². The SMILES string of the molecule is COc1cc(/C=C2\SC(=O)N(Cc3ccc(Cl)c(Cl)c3)C2=O)ccc1OCc1ccccc1Cl. The molecule has 1 saturated heterocycles. The van der Waals surface area contributed by atoms with Gasteiger partial charge in [-0.1, -0.05) is 65.1 Å². The number of rotatable bonds is 7. The van der Waals surface area contributed by atoms with Gasteiger partial charge in [0.05, 0.1) is 28.6 Å². The summed E-state index contributed by atoms with van der Waals surface area (Å²) in [6, 6.07) is 17.7. The zero-order valence-electron chi connectivity index (χ0n) is 17.9. The van der Waals surface area contributed by atoms with Gasteiger partial charge in [-0.15, -0.1) is 0 Å². The molecule has 1 aliphatic rings. The predicted octanol–water partition coefficient (Wildman–Crippen LogP) is 7.47. The molecule has 1 aliphatic heterocycles. The van der Waals surface area contributed by atoms with E-state index >= 15 is 0 Å². The van der Waals surface area contributed by atoms with Gasteiger partial charge in [-0.2, -0.15) is 0 Å². The van der Waals surface area contributed by atoms with Gasteiger partial charge in [0.25, 0.3) is 11.1 Å².